The molecule has 1 atom stereocenters. The molecule has 1 aromatic heterocycles. The van der Waals surface area contributed by atoms with E-state index in [1.54, 1.807) is 6.92 Å². The number of hydrogen-bond acceptors (Lipinski definition) is 3. The van der Waals surface area contributed by atoms with Crippen molar-refractivity contribution in [1.29, 1.82) is 0 Å². The standard InChI is InChI=1S/C12H16N2O3/c1-7(2)8(3)11(15)14-10-6-13-5-4-9(10)12(16)17/h4-8H,1-3H3,(H,14,15)(H,16,17). The third kappa shape index (κ3) is 3.27. The van der Waals surface area contributed by atoms with E-state index < -0.39 is 5.97 Å². The molecule has 0 aliphatic rings. The minimum absolute atomic E-state index is 0.0457. The second kappa shape index (κ2) is 5.43. The first-order chi connectivity index (χ1) is 7.93. The zero-order valence-electron chi connectivity index (χ0n) is 10.1. The Morgan fingerprint density at radius 1 is 1.35 bits per heavy atom. The highest BCUT2D eigenvalue weighted by atomic mass is 16.4. The number of nitrogens with zero attached hydrogens (tertiary/aromatic N) is 1. The lowest BCUT2D eigenvalue weighted by Gasteiger charge is -2.15. The van der Waals surface area contributed by atoms with Crippen molar-refractivity contribution in [3.63, 3.8) is 0 Å². The Balaban J connectivity index is 2.89. The number of pyridine rings is 1. The van der Waals surface area contributed by atoms with E-state index in [9.17, 15) is 9.59 Å². The molecule has 17 heavy (non-hydrogen) atoms. The Kier molecular flexibility index (Phi) is 4.20. The lowest BCUT2D eigenvalue weighted by molar-refractivity contribution is -0.120. The fourth-order valence-corrected chi connectivity index (χ4v) is 1.23. The summed E-state index contributed by atoms with van der Waals surface area (Å²) in [6.07, 6.45) is 2.72. The van der Waals surface area contributed by atoms with Gasteiger partial charge in [0.25, 0.3) is 0 Å². The molecule has 1 amide bonds. The summed E-state index contributed by atoms with van der Waals surface area (Å²) in [6, 6.07) is 1.36. The van der Waals surface area contributed by atoms with Gasteiger partial charge in [0.2, 0.25) is 5.91 Å². The predicted octanol–water partition coefficient (Wildman–Crippen LogP) is 2.01. The van der Waals surface area contributed by atoms with Crippen LogP contribution in [-0.4, -0.2) is 22.0 Å². The number of carboxylic acids is 1. The van der Waals surface area contributed by atoms with Gasteiger partial charge in [-0.25, -0.2) is 4.79 Å². The number of amides is 1. The Morgan fingerprint density at radius 2 is 2.00 bits per heavy atom. The number of carbonyl (C=O) groups is 2. The molecule has 0 saturated carbocycles. The summed E-state index contributed by atoms with van der Waals surface area (Å²) < 4.78 is 0. The quantitative estimate of drug-likeness (QED) is 0.838. The summed E-state index contributed by atoms with van der Waals surface area (Å²) in [6.45, 7) is 5.67. The van der Waals surface area contributed by atoms with Crippen LogP contribution in [0, 0.1) is 11.8 Å². The lowest BCUT2D eigenvalue weighted by atomic mass is 9.97. The van der Waals surface area contributed by atoms with Crippen LogP contribution in [-0.2, 0) is 4.79 Å². The first-order valence-corrected chi connectivity index (χ1v) is 5.41. The fraction of sp³-hybridized carbons (Fsp3) is 0.417. The molecular formula is C12H16N2O3. The van der Waals surface area contributed by atoms with Crippen LogP contribution in [0.4, 0.5) is 5.69 Å². The zero-order valence-corrected chi connectivity index (χ0v) is 10.1. The second-order valence-corrected chi connectivity index (χ2v) is 4.25. The summed E-state index contributed by atoms with van der Waals surface area (Å²) >= 11 is 0. The van der Waals surface area contributed by atoms with Crippen LogP contribution < -0.4 is 5.32 Å². The lowest BCUT2D eigenvalue weighted by Crippen LogP contribution is -2.25. The van der Waals surface area contributed by atoms with Crippen LogP contribution in [0.25, 0.3) is 0 Å². The van der Waals surface area contributed by atoms with E-state index in [-0.39, 0.29) is 29.0 Å². The number of rotatable bonds is 4. The molecule has 0 aliphatic carbocycles. The first-order valence-electron chi connectivity index (χ1n) is 5.41. The first kappa shape index (κ1) is 13.2. The SMILES string of the molecule is CC(C)C(C)C(=O)Nc1cnccc1C(=O)O. The molecular weight excluding hydrogens is 220 g/mol. The Hall–Kier alpha value is -1.91. The van der Waals surface area contributed by atoms with Gasteiger partial charge < -0.3 is 10.4 Å². The van der Waals surface area contributed by atoms with Crippen molar-refractivity contribution >= 4 is 17.6 Å². The Morgan fingerprint density at radius 3 is 2.53 bits per heavy atom. The van der Waals surface area contributed by atoms with Gasteiger partial charge in [0, 0.05) is 12.1 Å². The molecule has 0 saturated heterocycles. The summed E-state index contributed by atoms with van der Waals surface area (Å²) in [5, 5.41) is 11.5. The molecule has 1 heterocycles. The van der Waals surface area contributed by atoms with Crippen molar-refractivity contribution in [1.82, 2.24) is 4.98 Å². The maximum Gasteiger partial charge on any atom is 0.337 e. The molecule has 0 radical (unpaired) electrons. The Bertz CT molecular complexity index is 430. The smallest absolute Gasteiger partial charge is 0.337 e. The van der Waals surface area contributed by atoms with Crippen LogP contribution >= 0.6 is 0 Å². The number of aromatic carboxylic acids is 1. The molecule has 1 aromatic rings. The van der Waals surface area contributed by atoms with E-state index in [1.807, 2.05) is 13.8 Å². The number of nitrogens with one attached hydrogen (secondary N) is 1. The van der Waals surface area contributed by atoms with E-state index in [1.165, 1.54) is 18.5 Å². The van der Waals surface area contributed by atoms with Crippen LogP contribution in [0.15, 0.2) is 18.5 Å². The Labute approximate surface area is 99.9 Å². The maximum atomic E-state index is 11.8. The van der Waals surface area contributed by atoms with Crippen molar-refractivity contribution < 1.29 is 14.7 Å². The van der Waals surface area contributed by atoms with E-state index in [0.29, 0.717) is 0 Å². The van der Waals surface area contributed by atoms with Crippen LogP contribution in [0.2, 0.25) is 0 Å². The number of hydrogen-bond donors (Lipinski definition) is 2. The third-order valence-corrected chi connectivity index (χ3v) is 2.72. The van der Waals surface area contributed by atoms with E-state index in [4.69, 9.17) is 5.11 Å². The molecule has 5 heteroatoms. The molecule has 1 unspecified atom stereocenters. The topological polar surface area (TPSA) is 79.3 Å². The third-order valence-electron chi connectivity index (χ3n) is 2.72. The van der Waals surface area contributed by atoms with Gasteiger partial charge in [-0.2, -0.15) is 0 Å². The molecule has 5 nitrogen and oxygen atoms in total. The highest BCUT2D eigenvalue weighted by molar-refractivity contribution is 6.00. The average Bonchev–Trinajstić information content (AvgIpc) is 2.28. The highest BCUT2D eigenvalue weighted by Crippen LogP contribution is 2.17. The minimum Gasteiger partial charge on any atom is -0.478 e. The summed E-state index contributed by atoms with van der Waals surface area (Å²) in [4.78, 5) is 26.5. The van der Waals surface area contributed by atoms with Crippen molar-refractivity contribution in [2.45, 2.75) is 20.8 Å². The largest absolute Gasteiger partial charge is 0.478 e. The van der Waals surface area contributed by atoms with E-state index in [0.717, 1.165) is 0 Å². The molecule has 0 spiro atoms. The predicted molar refractivity (Wildman–Crippen MR) is 63.8 cm³/mol. The van der Waals surface area contributed by atoms with E-state index in [2.05, 4.69) is 10.3 Å². The molecule has 0 fully saturated rings. The van der Waals surface area contributed by atoms with Gasteiger partial charge >= 0.3 is 5.97 Å². The second-order valence-electron chi connectivity index (χ2n) is 4.25. The molecule has 0 bridgehead atoms. The number of carbonyl (C=O) groups excluding carboxylic acids is 1. The van der Waals surface area contributed by atoms with E-state index >= 15 is 0 Å². The summed E-state index contributed by atoms with van der Waals surface area (Å²) in [5.41, 5.74) is 0.279. The fourth-order valence-electron chi connectivity index (χ4n) is 1.23. The van der Waals surface area contributed by atoms with Gasteiger partial charge in [-0.1, -0.05) is 20.8 Å². The normalized spacial score (nSPS) is 12.2. The van der Waals surface area contributed by atoms with Gasteiger partial charge in [-0.15, -0.1) is 0 Å². The van der Waals surface area contributed by atoms with Gasteiger partial charge in [0.15, 0.2) is 0 Å². The van der Waals surface area contributed by atoms with Crippen molar-refractivity contribution in [3.8, 4) is 0 Å². The number of anilines is 1. The van der Waals surface area contributed by atoms with Crippen LogP contribution in [0.1, 0.15) is 31.1 Å². The molecule has 2 N–H and O–H groups in total. The van der Waals surface area contributed by atoms with Crippen LogP contribution in [0.3, 0.4) is 0 Å². The van der Waals surface area contributed by atoms with Gasteiger partial charge in [-0.3, -0.25) is 9.78 Å². The molecule has 0 aromatic carbocycles. The summed E-state index contributed by atoms with van der Waals surface area (Å²) in [7, 11) is 0. The minimum atomic E-state index is -1.08. The van der Waals surface area contributed by atoms with Crippen molar-refractivity contribution in [2.75, 3.05) is 5.32 Å². The van der Waals surface area contributed by atoms with Gasteiger partial charge in [0.1, 0.15) is 0 Å². The van der Waals surface area contributed by atoms with Crippen molar-refractivity contribution in [3.05, 3.63) is 24.0 Å². The van der Waals surface area contributed by atoms with Crippen molar-refractivity contribution in [2.24, 2.45) is 11.8 Å². The number of aromatic nitrogens is 1. The average molecular weight is 236 g/mol. The monoisotopic (exact) mass is 236 g/mol. The van der Waals surface area contributed by atoms with Gasteiger partial charge in [0.05, 0.1) is 17.4 Å². The molecule has 1 rings (SSSR count). The number of carboxylic acid groups (broad SMARTS) is 1. The maximum absolute atomic E-state index is 11.8. The molecule has 0 aliphatic heterocycles. The highest BCUT2D eigenvalue weighted by Gasteiger charge is 2.19. The summed E-state index contributed by atoms with van der Waals surface area (Å²) in [5.74, 6) is -1.27. The zero-order chi connectivity index (χ0) is 13.0. The van der Waals surface area contributed by atoms with Crippen LogP contribution in [0.5, 0.6) is 0 Å². The van der Waals surface area contributed by atoms with Gasteiger partial charge in [-0.05, 0) is 12.0 Å². The molecule has 92 valence electrons.